The predicted molar refractivity (Wildman–Crippen MR) is 60.5 cm³/mol. The normalized spacial score (nSPS) is 20.9. The Kier molecular flexibility index (Phi) is 2.64. The van der Waals surface area contributed by atoms with E-state index in [1.807, 2.05) is 6.07 Å². The smallest absolute Gasteiger partial charge is 0.149 e. The van der Waals surface area contributed by atoms with Gasteiger partial charge in [0, 0.05) is 6.54 Å². The highest BCUT2D eigenvalue weighted by molar-refractivity contribution is 5.62. The molecule has 2 rings (SSSR count). The van der Waals surface area contributed by atoms with Crippen LogP contribution in [0.4, 0.5) is 17.3 Å². The Labute approximate surface area is 88.7 Å². The van der Waals surface area contributed by atoms with Gasteiger partial charge in [-0.3, -0.25) is 0 Å². The van der Waals surface area contributed by atoms with Crippen LogP contribution in [0.5, 0.6) is 0 Å². The zero-order valence-electron chi connectivity index (χ0n) is 8.56. The van der Waals surface area contributed by atoms with Gasteiger partial charge in [0.1, 0.15) is 11.6 Å². The van der Waals surface area contributed by atoms with Crippen LogP contribution in [-0.4, -0.2) is 29.3 Å². The van der Waals surface area contributed by atoms with Crippen molar-refractivity contribution in [3.63, 3.8) is 0 Å². The molecule has 15 heavy (non-hydrogen) atoms. The molecule has 1 aliphatic rings. The van der Waals surface area contributed by atoms with Gasteiger partial charge in [-0.05, 0) is 25.0 Å². The monoisotopic (exact) mass is 208 g/mol. The van der Waals surface area contributed by atoms with Crippen molar-refractivity contribution in [1.82, 2.24) is 4.98 Å². The van der Waals surface area contributed by atoms with Crippen molar-refractivity contribution in [3.05, 3.63) is 12.1 Å². The molecule has 0 amide bonds. The number of nitrogens with zero attached hydrogens (tertiary/aromatic N) is 2. The van der Waals surface area contributed by atoms with Gasteiger partial charge in [0.2, 0.25) is 0 Å². The number of aromatic nitrogens is 1. The lowest BCUT2D eigenvalue weighted by atomic mass is 10.2. The molecule has 82 valence electrons. The molecule has 0 aromatic carbocycles. The van der Waals surface area contributed by atoms with Crippen molar-refractivity contribution in [2.75, 3.05) is 29.5 Å². The van der Waals surface area contributed by atoms with Crippen molar-refractivity contribution in [2.45, 2.75) is 18.9 Å². The van der Waals surface area contributed by atoms with Crippen LogP contribution in [0.3, 0.4) is 0 Å². The number of anilines is 3. The summed E-state index contributed by atoms with van der Waals surface area (Å²) < 4.78 is 0. The number of pyridine rings is 1. The highest BCUT2D eigenvalue weighted by atomic mass is 16.3. The van der Waals surface area contributed by atoms with E-state index in [1.165, 1.54) is 0 Å². The number of aliphatic hydroxyl groups is 1. The van der Waals surface area contributed by atoms with Gasteiger partial charge >= 0.3 is 0 Å². The first-order valence-electron chi connectivity index (χ1n) is 5.12. The largest absolute Gasteiger partial charge is 0.396 e. The average molecular weight is 208 g/mol. The summed E-state index contributed by atoms with van der Waals surface area (Å²) in [7, 11) is 0. The fourth-order valence-corrected chi connectivity index (χ4v) is 1.96. The van der Waals surface area contributed by atoms with Crippen LogP contribution in [0.15, 0.2) is 12.1 Å². The third-order valence-electron chi connectivity index (χ3n) is 2.82. The molecular weight excluding hydrogens is 192 g/mol. The van der Waals surface area contributed by atoms with E-state index < -0.39 is 0 Å². The first kappa shape index (κ1) is 10.0. The Morgan fingerprint density at radius 3 is 2.93 bits per heavy atom. The third-order valence-corrected chi connectivity index (χ3v) is 2.82. The topological polar surface area (TPSA) is 88.4 Å². The Bertz CT molecular complexity index is 355. The summed E-state index contributed by atoms with van der Waals surface area (Å²) in [6.45, 7) is 1.08. The van der Waals surface area contributed by atoms with Gasteiger partial charge in [0.05, 0.1) is 18.3 Å². The summed E-state index contributed by atoms with van der Waals surface area (Å²) in [6.07, 6.45) is 2.08. The van der Waals surface area contributed by atoms with Crippen molar-refractivity contribution >= 4 is 17.3 Å². The van der Waals surface area contributed by atoms with Crippen LogP contribution < -0.4 is 16.4 Å². The first-order chi connectivity index (χ1) is 7.22. The molecule has 5 heteroatoms. The van der Waals surface area contributed by atoms with Crippen LogP contribution >= 0.6 is 0 Å². The SMILES string of the molecule is Nc1ccc(N2CCCC2CO)nc1N. The van der Waals surface area contributed by atoms with Gasteiger partial charge in [0.25, 0.3) is 0 Å². The van der Waals surface area contributed by atoms with E-state index in [4.69, 9.17) is 11.5 Å². The molecule has 0 radical (unpaired) electrons. The quantitative estimate of drug-likeness (QED) is 0.646. The molecule has 1 aliphatic heterocycles. The maximum atomic E-state index is 9.20. The number of hydrogen-bond donors (Lipinski definition) is 3. The summed E-state index contributed by atoms with van der Waals surface area (Å²) in [5.74, 6) is 1.16. The second-order valence-electron chi connectivity index (χ2n) is 3.82. The predicted octanol–water partition coefficient (Wildman–Crippen LogP) is 0.207. The number of rotatable bonds is 2. The number of aliphatic hydroxyl groups excluding tert-OH is 1. The average Bonchev–Trinajstić information content (AvgIpc) is 2.70. The van der Waals surface area contributed by atoms with E-state index in [1.54, 1.807) is 6.07 Å². The molecule has 1 saturated heterocycles. The van der Waals surface area contributed by atoms with Crippen molar-refractivity contribution in [1.29, 1.82) is 0 Å². The van der Waals surface area contributed by atoms with E-state index in [0.717, 1.165) is 25.2 Å². The molecule has 1 unspecified atom stereocenters. The number of nitrogen functional groups attached to an aromatic ring is 2. The molecule has 5 N–H and O–H groups in total. The second kappa shape index (κ2) is 3.94. The van der Waals surface area contributed by atoms with Gasteiger partial charge in [-0.2, -0.15) is 0 Å². The first-order valence-corrected chi connectivity index (χ1v) is 5.12. The van der Waals surface area contributed by atoms with E-state index in [-0.39, 0.29) is 12.6 Å². The maximum Gasteiger partial charge on any atom is 0.149 e. The molecule has 0 spiro atoms. The van der Waals surface area contributed by atoms with Crippen molar-refractivity contribution in [2.24, 2.45) is 0 Å². The van der Waals surface area contributed by atoms with Gasteiger partial charge in [-0.25, -0.2) is 4.98 Å². The molecule has 1 atom stereocenters. The fourth-order valence-electron chi connectivity index (χ4n) is 1.96. The standard InChI is InChI=1S/C10H16N4O/c11-8-3-4-9(13-10(8)12)14-5-1-2-7(14)6-15/h3-4,7,15H,1-2,5-6,11H2,(H2,12,13). The molecule has 0 saturated carbocycles. The van der Waals surface area contributed by atoms with Crippen LogP contribution in [0.2, 0.25) is 0 Å². The Morgan fingerprint density at radius 1 is 1.47 bits per heavy atom. The Balaban J connectivity index is 2.25. The lowest BCUT2D eigenvalue weighted by Gasteiger charge is -2.24. The minimum atomic E-state index is 0.159. The van der Waals surface area contributed by atoms with Crippen LogP contribution in [0.25, 0.3) is 0 Å². The van der Waals surface area contributed by atoms with E-state index in [0.29, 0.717) is 11.5 Å². The van der Waals surface area contributed by atoms with Gasteiger partial charge in [0.15, 0.2) is 0 Å². The summed E-state index contributed by atoms with van der Waals surface area (Å²) in [5.41, 5.74) is 11.7. The molecule has 0 aliphatic carbocycles. The van der Waals surface area contributed by atoms with E-state index in [9.17, 15) is 5.11 Å². The molecular formula is C10H16N4O. The third kappa shape index (κ3) is 1.83. The van der Waals surface area contributed by atoms with Gasteiger partial charge in [-0.15, -0.1) is 0 Å². The van der Waals surface area contributed by atoms with Gasteiger partial charge in [-0.1, -0.05) is 0 Å². The lowest BCUT2D eigenvalue weighted by molar-refractivity contribution is 0.266. The summed E-state index contributed by atoms with van der Waals surface area (Å²) in [4.78, 5) is 6.30. The van der Waals surface area contributed by atoms with Crippen molar-refractivity contribution in [3.8, 4) is 0 Å². The second-order valence-corrected chi connectivity index (χ2v) is 3.82. The molecule has 1 fully saturated rings. The van der Waals surface area contributed by atoms with Crippen LogP contribution in [0.1, 0.15) is 12.8 Å². The highest BCUT2D eigenvalue weighted by Crippen LogP contribution is 2.25. The minimum Gasteiger partial charge on any atom is -0.396 e. The molecule has 5 nitrogen and oxygen atoms in total. The maximum absolute atomic E-state index is 9.20. The molecule has 2 heterocycles. The van der Waals surface area contributed by atoms with Crippen molar-refractivity contribution < 1.29 is 5.11 Å². The fraction of sp³-hybridized carbons (Fsp3) is 0.500. The molecule has 1 aromatic heterocycles. The lowest BCUT2D eigenvalue weighted by Crippen LogP contribution is -2.32. The number of nitrogens with two attached hydrogens (primary N) is 2. The Hall–Kier alpha value is -1.49. The minimum absolute atomic E-state index is 0.159. The zero-order valence-corrected chi connectivity index (χ0v) is 8.56. The zero-order chi connectivity index (χ0) is 10.8. The number of hydrogen-bond acceptors (Lipinski definition) is 5. The van der Waals surface area contributed by atoms with E-state index in [2.05, 4.69) is 9.88 Å². The summed E-state index contributed by atoms with van der Waals surface area (Å²) in [6, 6.07) is 3.77. The Morgan fingerprint density at radius 2 is 2.27 bits per heavy atom. The van der Waals surface area contributed by atoms with Crippen LogP contribution in [-0.2, 0) is 0 Å². The summed E-state index contributed by atoms with van der Waals surface area (Å²) in [5, 5.41) is 9.20. The van der Waals surface area contributed by atoms with Gasteiger partial charge < -0.3 is 21.5 Å². The molecule has 1 aromatic rings. The highest BCUT2D eigenvalue weighted by Gasteiger charge is 2.24. The molecule has 0 bridgehead atoms. The van der Waals surface area contributed by atoms with Crippen LogP contribution in [0, 0.1) is 0 Å². The summed E-state index contributed by atoms with van der Waals surface area (Å²) >= 11 is 0. The van der Waals surface area contributed by atoms with E-state index >= 15 is 0 Å².